The number of carbonyl (C=O) groups is 2. The number of nitrogen functional groups attached to an aromatic ring is 1. The largest absolute Gasteiger partial charge is 0.384 e. The van der Waals surface area contributed by atoms with Gasteiger partial charge in [-0.2, -0.15) is 0 Å². The highest BCUT2D eigenvalue weighted by Crippen LogP contribution is 2.15. The maximum absolute atomic E-state index is 13.1. The standard InChI is InChI=1S/C26H27N5O2/c1-16-6-5-7-18(12-16)13-22(25(32)28-15-20-10-11-24(27)29-17(20)2)31-26(33)23-14-19-8-3-4-9-21(19)30-23/h3-12,14,22,30H,13,15H2,1-2H3,(H2,27,29)(H,28,32)(H,31,33)/t22-/m0/s1. The van der Waals surface area contributed by atoms with Gasteiger partial charge in [0, 0.05) is 29.6 Å². The molecule has 2 amide bonds. The molecule has 1 atom stereocenters. The van der Waals surface area contributed by atoms with Crippen LogP contribution in [0.25, 0.3) is 10.9 Å². The number of nitrogens with two attached hydrogens (primary N) is 1. The third kappa shape index (κ3) is 5.38. The Balaban J connectivity index is 1.52. The first-order chi connectivity index (χ1) is 15.9. The van der Waals surface area contributed by atoms with Crippen molar-refractivity contribution in [2.45, 2.75) is 32.9 Å². The molecule has 0 aliphatic rings. The Morgan fingerprint density at radius 1 is 1.03 bits per heavy atom. The molecule has 168 valence electrons. The van der Waals surface area contributed by atoms with Crippen molar-refractivity contribution in [2.24, 2.45) is 0 Å². The van der Waals surface area contributed by atoms with E-state index in [4.69, 9.17) is 5.73 Å². The number of H-pyrrole nitrogens is 1. The van der Waals surface area contributed by atoms with Gasteiger partial charge in [0.1, 0.15) is 17.6 Å². The van der Waals surface area contributed by atoms with Crippen LogP contribution in [0.2, 0.25) is 0 Å². The highest BCUT2D eigenvalue weighted by atomic mass is 16.2. The lowest BCUT2D eigenvalue weighted by Gasteiger charge is -2.19. The molecule has 0 aliphatic heterocycles. The Bertz CT molecular complexity index is 1280. The Morgan fingerprint density at radius 2 is 1.85 bits per heavy atom. The van der Waals surface area contributed by atoms with Crippen molar-refractivity contribution in [2.75, 3.05) is 5.73 Å². The lowest BCUT2D eigenvalue weighted by molar-refractivity contribution is -0.123. The van der Waals surface area contributed by atoms with Crippen molar-refractivity contribution in [3.63, 3.8) is 0 Å². The topological polar surface area (TPSA) is 113 Å². The molecule has 0 spiro atoms. The predicted molar refractivity (Wildman–Crippen MR) is 130 cm³/mol. The van der Waals surface area contributed by atoms with Crippen molar-refractivity contribution < 1.29 is 9.59 Å². The van der Waals surface area contributed by atoms with Crippen LogP contribution in [0.4, 0.5) is 5.82 Å². The summed E-state index contributed by atoms with van der Waals surface area (Å²) >= 11 is 0. The number of amides is 2. The van der Waals surface area contributed by atoms with Gasteiger partial charge in [-0.3, -0.25) is 9.59 Å². The van der Waals surface area contributed by atoms with Gasteiger partial charge in [0.2, 0.25) is 5.91 Å². The second kappa shape index (κ2) is 9.56. The molecule has 0 saturated carbocycles. The van der Waals surface area contributed by atoms with E-state index in [-0.39, 0.29) is 11.8 Å². The summed E-state index contributed by atoms with van der Waals surface area (Å²) in [5.74, 6) is -0.160. The second-order valence-corrected chi connectivity index (χ2v) is 8.19. The Labute approximate surface area is 192 Å². The van der Waals surface area contributed by atoms with E-state index in [1.165, 1.54) is 0 Å². The number of aromatic amines is 1. The van der Waals surface area contributed by atoms with Gasteiger partial charge in [-0.15, -0.1) is 0 Å². The number of nitrogens with zero attached hydrogens (tertiary/aromatic N) is 1. The molecular weight excluding hydrogens is 414 g/mol. The van der Waals surface area contributed by atoms with Crippen LogP contribution in [0.15, 0.2) is 66.7 Å². The summed E-state index contributed by atoms with van der Waals surface area (Å²) in [4.78, 5) is 33.5. The zero-order chi connectivity index (χ0) is 23.4. The van der Waals surface area contributed by atoms with Crippen LogP contribution in [0.3, 0.4) is 0 Å². The van der Waals surface area contributed by atoms with E-state index >= 15 is 0 Å². The number of hydrogen-bond acceptors (Lipinski definition) is 4. The fourth-order valence-corrected chi connectivity index (χ4v) is 3.82. The smallest absolute Gasteiger partial charge is 0.268 e. The normalized spacial score (nSPS) is 11.8. The van der Waals surface area contributed by atoms with E-state index in [9.17, 15) is 9.59 Å². The molecule has 0 saturated heterocycles. The molecule has 0 bridgehead atoms. The van der Waals surface area contributed by atoms with Gasteiger partial charge >= 0.3 is 0 Å². The van der Waals surface area contributed by atoms with E-state index in [2.05, 4.69) is 20.6 Å². The Morgan fingerprint density at radius 3 is 2.61 bits per heavy atom. The van der Waals surface area contributed by atoms with Gasteiger partial charge in [-0.1, -0.05) is 54.1 Å². The Kier molecular flexibility index (Phi) is 6.40. The molecule has 4 aromatic rings. The van der Waals surface area contributed by atoms with Crippen molar-refractivity contribution in [3.8, 4) is 0 Å². The summed E-state index contributed by atoms with van der Waals surface area (Å²) in [5, 5.41) is 6.78. The number of benzene rings is 2. The summed E-state index contributed by atoms with van der Waals surface area (Å²) in [6.07, 6.45) is 0.373. The van der Waals surface area contributed by atoms with Gasteiger partial charge in [0.15, 0.2) is 0 Å². The molecule has 0 aliphatic carbocycles. The lowest BCUT2D eigenvalue weighted by atomic mass is 10.0. The molecule has 2 aromatic carbocycles. The SMILES string of the molecule is Cc1cccc(C[C@H](NC(=O)c2cc3ccccc3[nH]2)C(=O)NCc2ccc(N)nc2C)c1. The monoisotopic (exact) mass is 441 g/mol. The van der Waals surface area contributed by atoms with E-state index in [0.717, 1.165) is 33.3 Å². The molecule has 0 fully saturated rings. The van der Waals surface area contributed by atoms with Crippen LogP contribution >= 0.6 is 0 Å². The van der Waals surface area contributed by atoms with E-state index in [0.29, 0.717) is 24.5 Å². The molecule has 0 radical (unpaired) electrons. The summed E-state index contributed by atoms with van der Waals surface area (Å²) < 4.78 is 0. The summed E-state index contributed by atoms with van der Waals surface area (Å²) in [6, 6.07) is 20.2. The van der Waals surface area contributed by atoms with E-state index < -0.39 is 6.04 Å². The zero-order valence-corrected chi connectivity index (χ0v) is 18.7. The molecule has 33 heavy (non-hydrogen) atoms. The fraction of sp³-hybridized carbons (Fsp3) is 0.192. The third-order valence-corrected chi connectivity index (χ3v) is 5.59. The fourth-order valence-electron chi connectivity index (χ4n) is 3.82. The molecule has 4 rings (SSSR count). The van der Waals surface area contributed by atoms with Crippen molar-refractivity contribution in [1.82, 2.24) is 20.6 Å². The molecule has 7 heteroatoms. The van der Waals surface area contributed by atoms with Crippen molar-refractivity contribution in [3.05, 3.63) is 94.8 Å². The first kappa shape index (κ1) is 22.1. The second-order valence-electron chi connectivity index (χ2n) is 8.19. The maximum atomic E-state index is 13.1. The molecule has 7 nitrogen and oxygen atoms in total. The molecule has 2 heterocycles. The average molecular weight is 442 g/mol. The lowest BCUT2D eigenvalue weighted by Crippen LogP contribution is -2.48. The molecular formula is C26H27N5O2. The Hall–Kier alpha value is -4.13. The minimum atomic E-state index is -0.743. The maximum Gasteiger partial charge on any atom is 0.268 e. The number of aryl methyl sites for hydroxylation is 2. The molecule has 2 aromatic heterocycles. The van der Waals surface area contributed by atoms with E-state index in [1.54, 1.807) is 12.1 Å². The molecule has 0 unspecified atom stereocenters. The van der Waals surface area contributed by atoms with Crippen molar-refractivity contribution >= 4 is 28.5 Å². The number of carbonyl (C=O) groups excluding carboxylic acids is 2. The van der Waals surface area contributed by atoms with Crippen LogP contribution in [0.1, 0.15) is 32.9 Å². The van der Waals surface area contributed by atoms with Crippen LogP contribution in [-0.2, 0) is 17.8 Å². The quantitative estimate of drug-likeness (QED) is 0.352. The summed E-state index contributed by atoms with van der Waals surface area (Å²) in [6.45, 7) is 4.14. The first-order valence-corrected chi connectivity index (χ1v) is 10.8. The number of anilines is 1. The summed E-state index contributed by atoms with van der Waals surface area (Å²) in [5.41, 5.74) is 10.7. The highest BCUT2D eigenvalue weighted by Gasteiger charge is 2.23. The van der Waals surface area contributed by atoms with Crippen LogP contribution in [0.5, 0.6) is 0 Å². The number of nitrogens with one attached hydrogen (secondary N) is 3. The average Bonchev–Trinajstić information content (AvgIpc) is 3.22. The van der Waals surface area contributed by atoms with Crippen LogP contribution in [0, 0.1) is 13.8 Å². The number of hydrogen-bond donors (Lipinski definition) is 4. The highest BCUT2D eigenvalue weighted by molar-refractivity contribution is 6.00. The van der Waals surface area contributed by atoms with Gasteiger partial charge in [0.25, 0.3) is 5.91 Å². The van der Waals surface area contributed by atoms with Gasteiger partial charge < -0.3 is 21.4 Å². The summed E-state index contributed by atoms with van der Waals surface area (Å²) in [7, 11) is 0. The van der Waals surface area contributed by atoms with Gasteiger partial charge in [-0.05, 0) is 43.2 Å². The van der Waals surface area contributed by atoms with E-state index in [1.807, 2.05) is 68.4 Å². The van der Waals surface area contributed by atoms with Gasteiger partial charge in [0.05, 0.1) is 0 Å². The number of rotatable bonds is 7. The van der Waals surface area contributed by atoms with Crippen molar-refractivity contribution in [1.29, 1.82) is 0 Å². The third-order valence-electron chi connectivity index (χ3n) is 5.59. The minimum absolute atomic E-state index is 0.266. The minimum Gasteiger partial charge on any atom is -0.384 e. The number of pyridine rings is 1. The van der Waals surface area contributed by atoms with Crippen LogP contribution < -0.4 is 16.4 Å². The zero-order valence-electron chi connectivity index (χ0n) is 18.7. The molecule has 5 N–H and O–H groups in total. The first-order valence-electron chi connectivity index (χ1n) is 10.8. The van der Waals surface area contributed by atoms with Gasteiger partial charge in [-0.25, -0.2) is 4.98 Å². The van der Waals surface area contributed by atoms with Crippen LogP contribution in [-0.4, -0.2) is 27.8 Å². The number of para-hydroxylation sites is 1. The number of fused-ring (bicyclic) bond motifs is 1. The number of aromatic nitrogens is 2. The predicted octanol–water partition coefficient (Wildman–Crippen LogP) is 3.42.